The van der Waals surface area contributed by atoms with Crippen LogP contribution in [0.2, 0.25) is 0 Å². The van der Waals surface area contributed by atoms with Crippen molar-refractivity contribution in [2.45, 2.75) is 6.42 Å². The third kappa shape index (κ3) is 1.77. The first-order valence-corrected chi connectivity index (χ1v) is 6.38. The predicted octanol–water partition coefficient (Wildman–Crippen LogP) is 3.46. The lowest BCUT2D eigenvalue weighted by Crippen LogP contribution is -1.93. The summed E-state index contributed by atoms with van der Waals surface area (Å²) in [4.78, 5) is 0. The quantitative estimate of drug-likeness (QED) is 0.773. The fraction of sp³-hybridized carbons (Fsp3) is 0.125. The number of fused-ring (bicyclic) bond motifs is 3. The van der Waals surface area contributed by atoms with Crippen molar-refractivity contribution in [1.82, 2.24) is 0 Å². The molecule has 0 saturated heterocycles. The van der Waals surface area contributed by atoms with E-state index >= 15 is 0 Å². The summed E-state index contributed by atoms with van der Waals surface area (Å²) in [6.45, 7) is 0.239. The highest BCUT2D eigenvalue weighted by atomic mass is 16.7. The third-order valence-corrected chi connectivity index (χ3v) is 3.39. The van der Waals surface area contributed by atoms with Gasteiger partial charge in [-0.25, -0.2) is 0 Å². The van der Waals surface area contributed by atoms with Gasteiger partial charge in [-0.2, -0.15) is 0 Å². The fourth-order valence-electron chi connectivity index (χ4n) is 2.42. The van der Waals surface area contributed by atoms with Crippen molar-refractivity contribution in [3.05, 3.63) is 53.8 Å². The van der Waals surface area contributed by atoms with Gasteiger partial charge in [0.05, 0.1) is 0 Å². The number of hydrogen-bond donors (Lipinski definition) is 1. The Balaban J connectivity index is 1.72. The van der Waals surface area contributed by atoms with E-state index < -0.39 is 0 Å². The number of rotatable bonds is 2. The largest absolute Gasteiger partial charge is 0.508 e. The molecule has 4 nitrogen and oxygen atoms in total. The first-order chi connectivity index (χ1) is 9.79. The first kappa shape index (κ1) is 11.2. The molecule has 0 fully saturated rings. The Bertz CT molecular complexity index is 771. The van der Waals surface area contributed by atoms with Gasteiger partial charge in [0.25, 0.3) is 0 Å². The number of hydrogen-bond acceptors (Lipinski definition) is 4. The highest BCUT2D eigenvalue weighted by Gasteiger charge is 2.20. The fourth-order valence-corrected chi connectivity index (χ4v) is 2.42. The number of benzene rings is 2. The third-order valence-electron chi connectivity index (χ3n) is 3.39. The Labute approximate surface area is 115 Å². The van der Waals surface area contributed by atoms with Gasteiger partial charge in [-0.1, -0.05) is 12.1 Å². The second-order valence-corrected chi connectivity index (χ2v) is 4.77. The molecule has 20 heavy (non-hydrogen) atoms. The molecule has 0 amide bonds. The van der Waals surface area contributed by atoms with Gasteiger partial charge in [-0.3, -0.25) is 0 Å². The van der Waals surface area contributed by atoms with E-state index in [1.165, 1.54) is 0 Å². The zero-order valence-corrected chi connectivity index (χ0v) is 10.6. The zero-order chi connectivity index (χ0) is 13.5. The lowest BCUT2D eigenvalue weighted by Gasteiger charge is -1.98. The normalized spacial score (nSPS) is 13.0. The van der Waals surface area contributed by atoms with Crippen LogP contribution in [0.5, 0.6) is 17.2 Å². The Morgan fingerprint density at radius 3 is 2.70 bits per heavy atom. The second-order valence-electron chi connectivity index (χ2n) is 4.77. The molecule has 2 heterocycles. The van der Waals surface area contributed by atoms with Crippen LogP contribution in [0.3, 0.4) is 0 Å². The first-order valence-electron chi connectivity index (χ1n) is 6.38. The molecule has 4 heteroatoms. The van der Waals surface area contributed by atoms with Crippen molar-refractivity contribution >= 4 is 11.0 Å². The van der Waals surface area contributed by atoms with Crippen molar-refractivity contribution in [3.63, 3.8) is 0 Å². The second kappa shape index (κ2) is 4.20. The van der Waals surface area contributed by atoms with Gasteiger partial charge in [-0.05, 0) is 35.9 Å². The topological polar surface area (TPSA) is 51.8 Å². The number of furan rings is 1. The maximum Gasteiger partial charge on any atom is 0.231 e. The molecule has 0 aliphatic carbocycles. The monoisotopic (exact) mass is 268 g/mol. The predicted molar refractivity (Wildman–Crippen MR) is 73.2 cm³/mol. The van der Waals surface area contributed by atoms with E-state index in [1.54, 1.807) is 12.1 Å². The summed E-state index contributed by atoms with van der Waals surface area (Å²) in [5, 5.41) is 10.3. The summed E-state index contributed by atoms with van der Waals surface area (Å²) in [6.07, 6.45) is 0.671. The molecule has 0 radical (unpaired) electrons. The molecule has 0 spiro atoms. The number of aromatic hydroxyl groups is 1. The Morgan fingerprint density at radius 1 is 1.00 bits per heavy atom. The van der Waals surface area contributed by atoms with Crippen LogP contribution in [0.4, 0.5) is 0 Å². The molecule has 0 bridgehead atoms. The van der Waals surface area contributed by atoms with Crippen molar-refractivity contribution < 1.29 is 19.0 Å². The lowest BCUT2D eigenvalue weighted by atomic mass is 10.1. The molecule has 0 atom stereocenters. The number of phenols is 1. The van der Waals surface area contributed by atoms with Crippen LogP contribution < -0.4 is 9.47 Å². The molecular formula is C16H12O4. The standard InChI is InChI=1S/C16H12O4/c17-12-4-1-10(2-5-12)7-13-8-11-3-6-14-16(15(11)20-13)19-9-18-14/h1-6,8,17H,7,9H2. The Morgan fingerprint density at radius 2 is 1.85 bits per heavy atom. The summed E-state index contributed by atoms with van der Waals surface area (Å²) in [6, 6.07) is 13.0. The maximum absolute atomic E-state index is 9.29. The molecule has 1 N–H and O–H groups in total. The highest BCUT2D eigenvalue weighted by molar-refractivity contribution is 5.86. The number of ether oxygens (including phenoxy) is 2. The van der Waals surface area contributed by atoms with Crippen LogP contribution >= 0.6 is 0 Å². The summed E-state index contributed by atoms with van der Waals surface area (Å²) < 4.78 is 16.7. The van der Waals surface area contributed by atoms with Crippen LogP contribution in [0.1, 0.15) is 11.3 Å². The van der Waals surface area contributed by atoms with E-state index in [0.717, 1.165) is 28.0 Å². The average Bonchev–Trinajstić information content (AvgIpc) is 3.06. The van der Waals surface area contributed by atoms with Crippen molar-refractivity contribution in [2.75, 3.05) is 6.79 Å². The van der Waals surface area contributed by atoms with Crippen LogP contribution in [-0.4, -0.2) is 11.9 Å². The molecule has 4 rings (SSSR count). The van der Waals surface area contributed by atoms with E-state index in [9.17, 15) is 5.11 Å². The number of phenolic OH excluding ortho intramolecular Hbond substituents is 1. The highest BCUT2D eigenvalue weighted by Crippen LogP contribution is 2.40. The van der Waals surface area contributed by atoms with E-state index in [0.29, 0.717) is 12.2 Å². The van der Waals surface area contributed by atoms with E-state index in [-0.39, 0.29) is 12.5 Å². The molecule has 1 aliphatic heterocycles. The van der Waals surface area contributed by atoms with Crippen molar-refractivity contribution in [2.24, 2.45) is 0 Å². The van der Waals surface area contributed by atoms with Gasteiger partial charge in [-0.15, -0.1) is 0 Å². The smallest absolute Gasteiger partial charge is 0.231 e. The average molecular weight is 268 g/mol. The van der Waals surface area contributed by atoms with E-state index in [1.807, 2.05) is 30.3 Å². The minimum atomic E-state index is 0.239. The van der Waals surface area contributed by atoms with Crippen molar-refractivity contribution in [3.8, 4) is 17.2 Å². The van der Waals surface area contributed by atoms with Gasteiger partial charge >= 0.3 is 0 Å². The van der Waals surface area contributed by atoms with E-state index in [4.69, 9.17) is 13.9 Å². The van der Waals surface area contributed by atoms with Crippen LogP contribution in [0.15, 0.2) is 46.9 Å². The van der Waals surface area contributed by atoms with Crippen molar-refractivity contribution in [1.29, 1.82) is 0 Å². The van der Waals surface area contributed by atoms with Crippen LogP contribution in [-0.2, 0) is 6.42 Å². The van der Waals surface area contributed by atoms with Crippen LogP contribution in [0.25, 0.3) is 11.0 Å². The Kier molecular flexibility index (Phi) is 2.36. The molecule has 1 aliphatic rings. The SMILES string of the molecule is Oc1ccc(Cc2cc3ccc4c(c3o2)OCO4)cc1. The minimum absolute atomic E-state index is 0.239. The molecule has 2 aromatic carbocycles. The molecule has 100 valence electrons. The summed E-state index contributed by atoms with van der Waals surface area (Å²) in [5.74, 6) is 2.53. The zero-order valence-electron chi connectivity index (χ0n) is 10.6. The molecule has 1 aromatic heterocycles. The molecule has 0 unspecified atom stereocenters. The van der Waals surface area contributed by atoms with Gasteiger partial charge in [0, 0.05) is 11.8 Å². The molecular weight excluding hydrogens is 256 g/mol. The minimum Gasteiger partial charge on any atom is -0.508 e. The van der Waals surface area contributed by atoms with Gasteiger partial charge in [0.2, 0.25) is 12.5 Å². The van der Waals surface area contributed by atoms with Gasteiger partial charge in [0.15, 0.2) is 11.3 Å². The Hall–Kier alpha value is -2.62. The summed E-state index contributed by atoms with van der Waals surface area (Å²) in [5.41, 5.74) is 1.81. The van der Waals surface area contributed by atoms with Crippen LogP contribution in [0, 0.1) is 0 Å². The molecule has 0 saturated carbocycles. The molecule has 3 aromatic rings. The van der Waals surface area contributed by atoms with Gasteiger partial charge in [0.1, 0.15) is 11.5 Å². The maximum atomic E-state index is 9.29. The van der Waals surface area contributed by atoms with Gasteiger partial charge < -0.3 is 19.0 Å². The summed E-state index contributed by atoms with van der Waals surface area (Å²) >= 11 is 0. The lowest BCUT2D eigenvalue weighted by molar-refractivity contribution is 0.174. The summed E-state index contributed by atoms with van der Waals surface area (Å²) in [7, 11) is 0. The van der Waals surface area contributed by atoms with E-state index in [2.05, 4.69) is 0 Å².